The third-order valence-electron chi connectivity index (χ3n) is 5.37. The SMILES string of the molecule is Cc1nc(N2CCCC[C@@H]2C)c2c(C)c(C(=O)Nc3c(F)cccc3F)sc2n1. The van der Waals surface area contributed by atoms with Crippen molar-refractivity contribution in [3.63, 3.8) is 0 Å². The molecule has 0 spiro atoms. The molecule has 1 fully saturated rings. The number of benzene rings is 1. The fraction of sp³-hybridized carbons (Fsp3) is 0.381. The number of aryl methyl sites for hydroxylation is 2. The van der Waals surface area contributed by atoms with Crippen molar-refractivity contribution >= 4 is 39.0 Å². The number of hydrogen-bond acceptors (Lipinski definition) is 5. The molecule has 1 N–H and O–H groups in total. The van der Waals surface area contributed by atoms with Gasteiger partial charge in [-0.05, 0) is 57.7 Å². The van der Waals surface area contributed by atoms with Crippen LogP contribution in [0.25, 0.3) is 10.2 Å². The van der Waals surface area contributed by atoms with Crippen molar-refractivity contribution in [3.05, 3.63) is 46.1 Å². The summed E-state index contributed by atoms with van der Waals surface area (Å²) in [6, 6.07) is 3.84. The Balaban J connectivity index is 1.78. The topological polar surface area (TPSA) is 58.1 Å². The summed E-state index contributed by atoms with van der Waals surface area (Å²) >= 11 is 1.22. The molecule has 0 aliphatic carbocycles. The molecule has 2 aromatic heterocycles. The van der Waals surface area contributed by atoms with E-state index in [2.05, 4.69) is 22.1 Å². The van der Waals surface area contributed by atoms with E-state index in [0.29, 0.717) is 21.6 Å². The summed E-state index contributed by atoms with van der Waals surface area (Å²) in [5.41, 5.74) is 0.286. The van der Waals surface area contributed by atoms with Gasteiger partial charge in [0, 0.05) is 12.6 Å². The lowest BCUT2D eigenvalue weighted by Crippen LogP contribution is -2.38. The van der Waals surface area contributed by atoms with Crippen LogP contribution in [0.2, 0.25) is 0 Å². The summed E-state index contributed by atoms with van der Waals surface area (Å²) in [5.74, 6) is -0.695. The Kier molecular flexibility index (Phi) is 5.21. The number of para-hydroxylation sites is 1. The highest BCUT2D eigenvalue weighted by molar-refractivity contribution is 7.20. The summed E-state index contributed by atoms with van der Waals surface area (Å²) in [6.07, 6.45) is 3.38. The van der Waals surface area contributed by atoms with Crippen molar-refractivity contribution in [2.45, 2.75) is 46.1 Å². The first-order valence-electron chi connectivity index (χ1n) is 9.66. The lowest BCUT2D eigenvalue weighted by molar-refractivity contribution is 0.102. The van der Waals surface area contributed by atoms with E-state index in [4.69, 9.17) is 4.98 Å². The third-order valence-corrected chi connectivity index (χ3v) is 6.55. The highest BCUT2D eigenvalue weighted by atomic mass is 32.1. The second-order valence-corrected chi connectivity index (χ2v) is 8.42. The molecule has 4 rings (SSSR count). The van der Waals surface area contributed by atoms with Crippen LogP contribution >= 0.6 is 11.3 Å². The van der Waals surface area contributed by atoms with Gasteiger partial charge in [-0.15, -0.1) is 11.3 Å². The molecule has 0 bridgehead atoms. The maximum absolute atomic E-state index is 14.0. The van der Waals surface area contributed by atoms with Crippen LogP contribution in [-0.2, 0) is 0 Å². The monoisotopic (exact) mass is 416 g/mol. The van der Waals surface area contributed by atoms with Crippen LogP contribution in [-0.4, -0.2) is 28.5 Å². The average molecular weight is 416 g/mol. The predicted octanol–water partition coefficient (Wildman–Crippen LogP) is 5.22. The Bertz CT molecular complexity index is 1080. The number of nitrogens with zero attached hydrogens (tertiary/aromatic N) is 3. The minimum absolute atomic E-state index is 0.352. The van der Waals surface area contributed by atoms with Crippen molar-refractivity contribution in [1.29, 1.82) is 0 Å². The Morgan fingerprint density at radius 1 is 1.21 bits per heavy atom. The van der Waals surface area contributed by atoms with E-state index >= 15 is 0 Å². The quantitative estimate of drug-likeness (QED) is 0.636. The van der Waals surface area contributed by atoms with Crippen molar-refractivity contribution in [2.24, 2.45) is 0 Å². The number of halogens is 2. The molecule has 5 nitrogen and oxygen atoms in total. The predicted molar refractivity (Wildman–Crippen MR) is 112 cm³/mol. The number of aromatic nitrogens is 2. The Morgan fingerprint density at radius 2 is 1.93 bits per heavy atom. The van der Waals surface area contributed by atoms with Crippen molar-refractivity contribution < 1.29 is 13.6 Å². The van der Waals surface area contributed by atoms with Crippen LogP contribution in [0, 0.1) is 25.5 Å². The standard InChI is InChI=1S/C21H22F2N4OS/c1-11-7-4-5-10-27(11)19-16-12(2)18(29-21(16)25-13(3)24-19)20(28)26-17-14(22)8-6-9-15(17)23/h6,8-9,11H,4-5,7,10H2,1-3H3,(H,26,28)/t11-/m0/s1. The maximum Gasteiger partial charge on any atom is 0.266 e. The number of thiophene rings is 1. The number of rotatable bonds is 3. The molecule has 1 aliphatic rings. The van der Waals surface area contributed by atoms with Gasteiger partial charge in [0.1, 0.15) is 33.8 Å². The van der Waals surface area contributed by atoms with Crippen molar-refractivity contribution in [3.8, 4) is 0 Å². The van der Waals surface area contributed by atoms with Crippen LogP contribution in [0.4, 0.5) is 20.3 Å². The average Bonchev–Trinajstić information content (AvgIpc) is 3.01. The van der Waals surface area contributed by atoms with Gasteiger partial charge >= 0.3 is 0 Å². The zero-order valence-corrected chi connectivity index (χ0v) is 17.4. The third kappa shape index (κ3) is 3.57. The maximum atomic E-state index is 14.0. The van der Waals surface area contributed by atoms with Gasteiger partial charge < -0.3 is 10.2 Å². The molecule has 0 saturated carbocycles. The second kappa shape index (κ2) is 7.67. The number of carbonyl (C=O) groups excluding carboxylic acids is 1. The van der Waals surface area contributed by atoms with E-state index in [1.54, 1.807) is 0 Å². The fourth-order valence-corrected chi connectivity index (χ4v) is 4.96. The summed E-state index contributed by atoms with van der Waals surface area (Å²) in [7, 11) is 0. The number of hydrogen-bond donors (Lipinski definition) is 1. The molecule has 1 amide bonds. The van der Waals surface area contributed by atoms with Gasteiger partial charge in [0.25, 0.3) is 5.91 Å². The lowest BCUT2D eigenvalue weighted by atomic mass is 10.0. The van der Waals surface area contributed by atoms with Crippen LogP contribution in [0.5, 0.6) is 0 Å². The zero-order chi connectivity index (χ0) is 20.7. The van der Waals surface area contributed by atoms with Gasteiger partial charge in [-0.2, -0.15) is 0 Å². The van der Waals surface area contributed by atoms with E-state index in [9.17, 15) is 13.6 Å². The minimum atomic E-state index is -0.810. The van der Waals surface area contributed by atoms with Gasteiger partial charge in [0.15, 0.2) is 0 Å². The number of fused-ring (bicyclic) bond motifs is 1. The Hall–Kier alpha value is -2.61. The normalized spacial score (nSPS) is 17.0. The summed E-state index contributed by atoms with van der Waals surface area (Å²) in [4.78, 5) is 25.4. The minimum Gasteiger partial charge on any atom is -0.353 e. The Labute approximate surface area is 171 Å². The number of anilines is 2. The zero-order valence-electron chi connectivity index (χ0n) is 16.6. The van der Waals surface area contributed by atoms with Crippen molar-refractivity contribution in [2.75, 3.05) is 16.8 Å². The highest BCUT2D eigenvalue weighted by Gasteiger charge is 2.27. The molecular formula is C21H22F2N4OS. The molecule has 0 unspecified atom stereocenters. The molecular weight excluding hydrogens is 394 g/mol. The summed E-state index contributed by atoms with van der Waals surface area (Å²) in [6.45, 7) is 6.76. The molecule has 3 heterocycles. The molecule has 1 aromatic carbocycles. The number of amides is 1. The second-order valence-electron chi connectivity index (χ2n) is 7.42. The van der Waals surface area contributed by atoms with E-state index < -0.39 is 23.2 Å². The van der Waals surface area contributed by atoms with E-state index in [1.165, 1.54) is 23.8 Å². The first-order valence-corrected chi connectivity index (χ1v) is 10.5. The fourth-order valence-electron chi connectivity index (χ4n) is 3.85. The van der Waals surface area contributed by atoms with E-state index in [-0.39, 0.29) is 0 Å². The summed E-state index contributed by atoms with van der Waals surface area (Å²) < 4.78 is 27.9. The van der Waals surface area contributed by atoms with Gasteiger partial charge in [-0.25, -0.2) is 18.7 Å². The van der Waals surface area contributed by atoms with Crippen LogP contribution in [0.3, 0.4) is 0 Å². The smallest absolute Gasteiger partial charge is 0.266 e. The molecule has 0 radical (unpaired) electrons. The van der Waals surface area contributed by atoms with Gasteiger partial charge in [-0.3, -0.25) is 4.79 Å². The number of piperidine rings is 1. The highest BCUT2D eigenvalue weighted by Crippen LogP contribution is 2.38. The molecule has 152 valence electrons. The summed E-state index contributed by atoms with van der Waals surface area (Å²) in [5, 5.41) is 3.22. The first kappa shape index (κ1) is 19.7. The lowest BCUT2D eigenvalue weighted by Gasteiger charge is -2.35. The van der Waals surface area contributed by atoms with Crippen LogP contribution < -0.4 is 10.2 Å². The molecule has 1 atom stereocenters. The largest absolute Gasteiger partial charge is 0.353 e. The molecule has 1 aliphatic heterocycles. The van der Waals surface area contributed by atoms with E-state index in [0.717, 1.165) is 48.3 Å². The van der Waals surface area contributed by atoms with Crippen molar-refractivity contribution in [1.82, 2.24) is 9.97 Å². The molecule has 1 saturated heterocycles. The number of carbonyl (C=O) groups is 1. The molecule has 8 heteroatoms. The van der Waals surface area contributed by atoms with Gasteiger partial charge in [-0.1, -0.05) is 6.07 Å². The van der Waals surface area contributed by atoms with Gasteiger partial charge in [0.05, 0.1) is 10.3 Å². The van der Waals surface area contributed by atoms with Crippen LogP contribution in [0.1, 0.15) is 47.2 Å². The van der Waals surface area contributed by atoms with Gasteiger partial charge in [0.2, 0.25) is 0 Å². The molecule has 3 aromatic rings. The molecule has 29 heavy (non-hydrogen) atoms. The van der Waals surface area contributed by atoms with Crippen LogP contribution in [0.15, 0.2) is 18.2 Å². The number of nitrogens with one attached hydrogen (secondary N) is 1. The van der Waals surface area contributed by atoms with E-state index in [1.807, 2.05) is 13.8 Å². The Morgan fingerprint density at radius 3 is 2.62 bits per heavy atom. The first-order chi connectivity index (χ1) is 13.9.